The molecule has 0 radical (unpaired) electrons. The average molecular weight is 435 g/mol. The van der Waals surface area contributed by atoms with E-state index in [9.17, 15) is 0 Å². The van der Waals surface area contributed by atoms with E-state index in [1.807, 2.05) is 68.4 Å². The number of nitrogens with zero attached hydrogens (tertiary/aromatic N) is 2. The fourth-order valence-corrected chi connectivity index (χ4v) is 3.83. The molecule has 0 bridgehead atoms. The van der Waals surface area contributed by atoms with Gasteiger partial charge in [-0.1, -0.05) is 41.9 Å². The van der Waals surface area contributed by atoms with Gasteiger partial charge in [0.15, 0.2) is 11.9 Å². The van der Waals surface area contributed by atoms with Gasteiger partial charge in [0.05, 0.1) is 17.6 Å². The van der Waals surface area contributed by atoms with E-state index in [0.717, 1.165) is 57.5 Å². The first kappa shape index (κ1) is 21.3. The Kier molecular flexibility index (Phi) is 6.47. The van der Waals surface area contributed by atoms with Gasteiger partial charge >= 0.3 is 0 Å². The van der Waals surface area contributed by atoms with Crippen molar-refractivity contribution in [3.05, 3.63) is 88.7 Å². The number of hydrogen-bond donors (Lipinski definition) is 0. The molecule has 4 aromatic rings. The Balaban J connectivity index is 1.51. The van der Waals surface area contributed by atoms with Crippen molar-refractivity contribution < 1.29 is 9.47 Å². The van der Waals surface area contributed by atoms with Crippen LogP contribution in [-0.2, 0) is 6.54 Å². The highest BCUT2D eigenvalue weighted by Crippen LogP contribution is 2.28. The number of rotatable bonds is 8. The van der Waals surface area contributed by atoms with Crippen LogP contribution in [0.25, 0.3) is 11.0 Å². The van der Waals surface area contributed by atoms with Crippen LogP contribution >= 0.6 is 11.6 Å². The Bertz CT molecular complexity index is 1190. The first-order chi connectivity index (χ1) is 15.0. The van der Waals surface area contributed by atoms with Crippen molar-refractivity contribution in [3.63, 3.8) is 0 Å². The van der Waals surface area contributed by atoms with Gasteiger partial charge in [-0.15, -0.1) is 0 Å². The molecule has 160 valence electrons. The summed E-state index contributed by atoms with van der Waals surface area (Å²) in [5, 5.41) is 0.737. The fourth-order valence-electron chi connectivity index (χ4n) is 3.71. The zero-order chi connectivity index (χ0) is 21.8. The van der Waals surface area contributed by atoms with Crippen LogP contribution in [0.3, 0.4) is 0 Å². The molecule has 1 aromatic heterocycles. The highest BCUT2D eigenvalue weighted by atomic mass is 35.5. The summed E-state index contributed by atoms with van der Waals surface area (Å²) in [6.07, 6.45) is 0.666. The summed E-state index contributed by atoms with van der Waals surface area (Å²) in [6.45, 7) is 7.51. The number of fused-ring (bicyclic) bond motifs is 1. The van der Waals surface area contributed by atoms with Crippen molar-refractivity contribution in [3.8, 4) is 11.5 Å². The third-order valence-corrected chi connectivity index (χ3v) is 5.79. The number of benzene rings is 3. The molecule has 1 unspecified atom stereocenters. The third-order valence-electron chi connectivity index (χ3n) is 5.37. The lowest BCUT2D eigenvalue weighted by Crippen LogP contribution is -2.13. The maximum Gasteiger partial charge on any atom is 0.153 e. The van der Waals surface area contributed by atoms with Gasteiger partial charge in [-0.05, 0) is 74.7 Å². The average Bonchev–Trinajstić information content (AvgIpc) is 3.14. The van der Waals surface area contributed by atoms with E-state index in [1.165, 1.54) is 0 Å². The van der Waals surface area contributed by atoms with Crippen molar-refractivity contribution >= 4 is 22.6 Å². The van der Waals surface area contributed by atoms with E-state index >= 15 is 0 Å². The van der Waals surface area contributed by atoms with Crippen LogP contribution in [0.5, 0.6) is 11.5 Å². The predicted octanol–water partition coefficient (Wildman–Crippen LogP) is 6.92. The number of aryl methyl sites for hydroxylation is 3. The fraction of sp³-hybridized carbons (Fsp3) is 0.269. The molecule has 0 spiro atoms. The largest absolute Gasteiger partial charge is 0.493 e. The van der Waals surface area contributed by atoms with Gasteiger partial charge in [0.1, 0.15) is 11.5 Å². The summed E-state index contributed by atoms with van der Waals surface area (Å²) in [7, 11) is 0. The number of hydrogen-bond acceptors (Lipinski definition) is 3. The third kappa shape index (κ3) is 4.86. The van der Waals surface area contributed by atoms with Gasteiger partial charge in [0.25, 0.3) is 0 Å². The Morgan fingerprint density at radius 1 is 0.968 bits per heavy atom. The van der Waals surface area contributed by atoms with Gasteiger partial charge in [0, 0.05) is 11.6 Å². The Labute approximate surface area is 188 Å². The monoisotopic (exact) mass is 434 g/mol. The molecular weight excluding hydrogens is 408 g/mol. The number of halogens is 1. The second-order valence-electron chi connectivity index (χ2n) is 7.75. The van der Waals surface area contributed by atoms with Crippen LogP contribution in [0.15, 0.2) is 66.7 Å². The molecule has 4 rings (SSSR count). The van der Waals surface area contributed by atoms with E-state index in [4.69, 9.17) is 26.1 Å². The molecule has 5 heteroatoms. The molecule has 0 aliphatic rings. The number of aromatic nitrogens is 2. The second-order valence-corrected chi connectivity index (χ2v) is 8.16. The molecule has 4 nitrogen and oxygen atoms in total. The quantitative estimate of drug-likeness (QED) is 0.282. The molecule has 31 heavy (non-hydrogen) atoms. The van der Waals surface area contributed by atoms with E-state index in [2.05, 4.69) is 23.6 Å². The summed E-state index contributed by atoms with van der Waals surface area (Å²) in [6, 6.07) is 22.0. The van der Waals surface area contributed by atoms with Crippen molar-refractivity contribution in [2.75, 3.05) is 6.61 Å². The zero-order valence-electron chi connectivity index (χ0n) is 18.1. The van der Waals surface area contributed by atoms with Gasteiger partial charge in [-0.2, -0.15) is 0 Å². The SMILES string of the molecule is Cc1cc(OC(C)c2nc3ccccc3n2CCCOc2ccccc2C)ccc1Cl. The highest BCUT2D eigenvalue weighted by molar-refractivity contribution is 6.31. The normalized spacial score (nSPS) is 12.1. The molecule has 0 aliphatic carbocycles. The molecular formula is C26H27ClN2O2. The van der Waals surface area contributed by atoms with Crippen molar-refractivity contribution in [1.29, 1.82) is 0 Å². The van der Waals surface area contributed by atoms with Crippen LogP contribution in [0, 0.1) is 13.8 Å². The summed E-state index contributed by atoms with van der Waals surface area (Å²) >= 11 is 6.15. The molecule has 1 atom stereocenters. The van der Waals surface area contributed by atoms with Gasteiger partial charge in [0.2, 0.25) is 0 Å². The molecule has 0 aliphatic heterocycles. The van der Waals surface area contributed by atoms with Crippen molar-refractivity contribution in [2.45, 2.75) is 39.8 Å². The minimum atomic E-state index is -0.203. The van der Waals surface area contributed by atoms with E-state index in [1.54, 1.807) is 0 Å². The number of imidazole rings is 1. The van der Waals surface area contributed by atoms with Gasteiger partial charge in [-0.25, -0.2) is 4.98 Å². The van der Waals surface area contributed by atoms with E-state index < -0.39 is 0 Å². The molecule has 0 saturated carbocycles. The molecule has 0 fully saturated rings. The Hall–Kier alpha value is -2.98. The minimum absolute atomic E-state index is 0.203. The molecule has 0 amide bonds. The second kappa shape index (κ2) is 9.44. The zero-order valence-corrected chi connectivity index (χ0v) is 18.9. The lowest BCUT2D eigenvalue weighted by atomic mass is 10.2. The van der Waals surface area contributed by atoms with Gasteiger partial charge in [-0.3, -0.25) is 0 Å². The van der Waals surface area contributed by atoms with Crippen molar-refractivity contribution in [1.82, 2.24) is 9.55 Å². The Morgan fingerprint density at radius 2 is 1.74 bits per heavy atom. The first-order valence-corrected chi connectivity index (χ1v) is 11.0. The lowest BCUT2D eigenvalue weighted by molar-refractivity contribution is 0.209. The van der Waals surface area contributed by atoms with E-state index in [0.29, 0.717) is 6.61 Å². The predicted molar refractivity (Wildman–Crippen MR) is 126 cm³/mol. The summed E-state index contributed by atoms with van der Waals surface area (Å²) in [5.74, 6) is 2.63. The minimum Gasteiger partial charge on any atom is -0.493 e. The lowest BCUT2D eigenvalue weighted by Gasteiger charge is -2.17. The number of para-hydroxylation sites is 3. The smallest absolute Gasteiger partial charge is 0.153 e. The maximum atomic E-state index is 6.22. The van der Waals surface area contributed by atoms with E-state index in [-0.39, 0.29) is 6.10 Å². The standard InChI is InChI=1S/C26H27ClN2O2/c1-18-9-4-7-12-25(18)30-16-8-15-29-24-11-6-5-10-23(24)28-26(29)20(3)31-21-13-14-22(27)19(2)17-21/h4-7,9-14,17,20H,8,15-16H2,1-3H3. The van der Waals surface area contributed by atoms with Crippen LogP contribution in [0.4, 0.5) is 0 Å². The molecule has 1 heterocycles. The topological polar surface area (TPSA) is 36.3 Å². The van der Waals surface area contributed by atoms with Crippen LogP contribution in [0.2, 0.25) is 5.02 Å². The molecule has 0 N–H and O–H groups in total. The summed E-state index contributed by atoms with van der Waals surface area (Å²) in [5.41, 5.74) is 4.22. The Morgan fingerprint density at radius 3 is 2.55 bits per heavy atom. The van der Waals surface area contributed by atoms with Crippen molar-refractivity contribution in [2.24, 2.45) is 0 Å². The van der Waals surface area contributed by atoms with Crippen LogP contribution in [-0.4, -0.2) is 16.2 Å². The van der Waals surface area contributed by atoms with Crippen LogP contribution < -0.4 is 9.47 Å². The van der Waals surface area contributed by atoms with Crippen LogP contribution in [0.1, 0.15) is 36.4 Å². The maximum absolute atomic E-state index is 6.22. The summed E-state index contributed by atoms with van der Waals surface area (Å²) in [4.78, 5) is 4.87. The van der Waals surface area contributed by atoms with Gasteiger partial charge < -0.3 is 14.0 Å². The molecule has 0 saturated heterocycles. The molecule has 3 aromatic carbocycles. The number of ether oxygens (including phenoxy) is 2. The highest BCUT2D eigenvalue weighted by Gasteiger charge is 2.18. The summed E-state index contributed by atoms with van der Waals surface area (Å²) < 4.78 is 14.5. The first-order valence-electron chi connectivity index (χ1n) is 10.6.